The van der Waals surface area contributed by atoms with E-state index in [0.29, 0.717) is 0 Å². The van der Waals surface area contributed by atoms with Gasteiger partial charge in [0.05, 0.1) is 7.11 Å². The van der Waals surface area contributed by atoms with E-state index in [1.807, 2.05) is 0 Å². The van der Waals surface area contributed by atoms with Crippen molar-refractivity contribution in [3.63, 3.8) is 0 Å². The van der Waals surface area contributed by atoms with E-state index in [1.54, 1.807) is 6.92 Å². The second-order valence-corrected chi connectivity index (χ2v) is 3.35. The second-order valence-electron chi connectivity index (χ2n) is 3.35. The molecule has 0 saturated carbocycles. The van der Waals surface area contributed by atoms with Gasteiger partial charge in [0.25, 0.3) is 0 Å². The molecule has 0 bridgehead atoms. The van der Waals surface area contributed by atoms with Crippen LogP contribution in [0.2, 0.25) is 0 Å². The Morgan fingerprint density at radius 3 is 2.69 bits per heavy atom. The van der Waals surface area contributed by atoms with Gasteiger partial charge in [-0.1, -0.05) is 6.92 Å². The molecule has 0 aromatic rings. The summed E-state index contributed by atoms with van der Waals surface area (Å²) in [5.74, 6) is -1.43. The van der Waals surface area contributed by atoms with Gasteiger partial charge in [0.1, 0.15) is 0 Å². The van der Waals surface area contributed by atoms with Crippen molar-refractivity contribution in [3.8, 4) is 0 Å². The van der Waals surface area contributed by atoms with E-state index < -0.39 is 11.8 Å². The number of ether oxygens (including phenoxy) is 1. The van der Waals surface area contributed by atoms with Crippen LogP contribution in [0.4, 0.5) is 0 Å². The maximum atomic E-state index is 11.3. The monoisotopic (exact) mass is 185 g/mol. The topological polar surface area (TPSA) is 55.4 Å². The summed E-state index contributed by atoms with van der Waals surface area (Å²) in [4.78, 5) is 22.3. The Hall–Kier alpha value is -0.900. The number of rotatable bonds is 3. The van der Waals surface area contributed by atoms with Crippen LogP contribution in [-0.2, 0) is 14.3 Å². The first-order valence-electron chi connectivity index (χ1n) is 4.52. The Morgan fingerprint density at radius 1 is 1.54 bits per heavy atom. The smallest absolute Gasteiger partial charge is 0.374 e. The van der Waals surface area contributed by atoms with E-state index in [4.69, 9.17) is 0 Å². The Bertz CT molecular complexity index is 209. The van der Waals surface area contributed by atoms with Crippen LogP contribution < -0.4 is 5.32 Å². The standard InChI is InChI=1S/C9H15NO3/c1-6(7-4-3-5-10-7)8(11)9(12)13-2/h6-7,10H,3-5H2,1-2H3. The lowest BCUT2D eigenvalue weighted by molar-refractivity contribution is -0.153. The molecule has 0 amide bonds. The van der Waals surface area contributed by atoms with Crippen molar-refractivity contribution < 1.29 is 14.3 Å². The van der Waals surface area contributed by atoms with Crippen molar-refractivity contribution in [1.29, 1.82) is 0 Å². The number of Topliss-reactive ketones (excluding diaryl/α,β-unsaturated/α-hetero) is 1. The number of carbonyl (C=O) groups excluding carboxylic acids is 2. The highest BCUT2D eigenvalue weighted by molar-refractivity contribution is 6.34. The molecule has 13 heavy (non-hydrogen) atoms. The quantitative estimate of drug-likeness (QED) is 0.501. The van der Waals surface area contributed by atoms with Gasteiger partial charge in [-0.2, -0.15) is 0 Å². The average molecular weight is 185 g/mol. The third-order valence-electron chi connectivity index (χ3n) is 2.50. The molecule has 4 nitrogen and oxygen atoms in total. The first-order valence-corrected chi connectivity index (χ1v) is 4.52. The molecule has 4 heteroatoms. The predicted octanol–water partition coefficient (Wildman–Crippen LogP) is 0.117. The lowest BCUT2D eigenvalue weighted by atomic mass is 9.96. The van der Waals surface area contributed by atoms with Gasteiger partial charge in [-0.15, -0.1) is 0 Å². The van der Waals surface area contributed by atoms with E-state index >= 15 is 0 Å². The number of ketones is 1. The summed E-state index contributed by atoms with van der Waals surface area (Å²) in [5.41, 5.74) is 0. The van der Waals surface area contributed by atoms with Gasteiger partial charge in [-0.3, -0.25) is 4.79 Å². The summed E-state index contributed by atoms with van der Waals surface area (Å²) in [6, 6.07) is 0.145. The summed E-state index contributed by atoms with van der Waals surface area (Å²) in [7, 11) is 1.23. The number of carbonyl (C=O) groups is 2. The Kier molecular flexibility index (Phi) is 3.42. The van der Waals surface area contributed by atoms with Crippen LogP contribution in [0, 0.1) is 5.92 Å². The molecule has 1 saturated heterocycles. The van der Waals surface area contributed by atoms with Crippen LogP contribution in [0.15, 0.2) is 0 Å². The summed E-state index contributed by atoms with van der Waals surface area (Å²) in [6.45, 7) is 2.70. The number of hydrogen-bond acceptors (Lipinski definition) is 4. The zero-order valence-corrected chi connectivity index (χ0v) is 8.00. The Morgan fingerprint density at radius 2 is 2.23 bits per heavy atom. The van der Waals surface area contributed by atoms with Gasteiger partial charge in [0.15, 0.2) is 0 Å². The van der Waals surface area contributed by atoms with Crippen molar-refractivity contribution in [2.45, 2.75) is 25.8 Å². The fraction of sp³-hybridized carbons (Fsp3) is 0.778. The maximum Gasteiger partial charge on any atom is 0.374 e. The first-order chi connectivity index (χ1) is 6.16. The molecule has 0 aromatic carbocycles. The first kappa shape index (κ1) is 10.2. The summed E-state index contributed by atoms with van der Waals surface area (Å²) >= 11 is 0. The summed E-state index contributed by atoms with van der Waals surface area (Å²) in [5, 5.41) is 3.19. The number of nitrogens with one attached hydrogen (secondary N) is 1. The van der Waals surface area contributed by atoms with Gasteiger partial charge < -0.3 is 10.1 Å². The molecule has 0 aromatic heterocycles. The van der Waals surface area contributed by atoms with Gasteiger partial charge in [-0.05, 0) is 19.4 Å². The molecule has 1 aliphatic heterocycles. The van der Waals surface area contributed by atoms with E-state index in [9.17, 15) is 9.59 Å². The molecule has 1 rings (SSSR count). The normalized spacial score (nSPS) is 24.0. The molecule has 74 valence electrons. The minimum atomic E-state index is -0.735. The highest BCUT2D eigenvalue weighted by atomic mass is 16.5. The third kappa shape index (κ3) is 2.28. The van der Waals surface area contributed by atoms with Crippen molar-refractivity contribution in [1.82, 2.24) is 5.32 Å². The molecule has 0 aliphatic carbocycles. The van der Waals surface area contributed by atoms with Crippen LogP contribution >= 0.6 is 0 Å². The molecule has 1 N–H and O–H groups in total. The minimum Gasteiger partial charge on any atom is -0.463 e. The van der Waals surface area contributed by atoms with Crippen molar-refractivity contribution >= 4 is 11.8 Å². The lowest BCUT2D eigenvalue weighted by Crippen LogP contribution is -2.37. The molecule has 2 unspecified atom stereocenters. The molecule has 0 radical (unpaired) electrons. The van der Waals surface area contributed by atoms with Crippen LogP contribution in [0.5, 0.6) is 0 Å². The van der Waals surface area contributed by atoms with Crippen molar-refractivity contribution in [2.75, 3.05) is 13.7 Å². The predicted molar refractivity (Wildman–Crippen MR) is 47.2 cm³/mol. The Balaban J connectivity index is 2.50. The molecule has 1 fully saturated rings. The van der Waals surface area contributed by atoms with E-state index in [1.165, 1.54) is 7.11 Å². The molecular weight excluding hydrogens is 170 g/mol. The summed E-state index contributed by atoms with van der Waals surface area (Å²) < 4.78 is 4.38. The number of hydrogen-bond donors (Lipinski definition) is 1. The van der Waals surface area contributed by atoms with E-state index in [0.717, 1.165) is 19.4 Å². The van der Waals surface area contributed by atoms with Crippen molar-refractivity contribution in [3.05, 3.63) is 0 Å². The van der Waals surface area contributed by atoms with Gasteiger partial charge in [0.2, 0.25) is 5.78 Å². The number of methoxy groups -OCH3 is 1. The third-order valence-corrected chi connectivity index (χ3v) is 2.50. The van der Waals surface area contributed by atoms with Gasteiger partial charge >= 0.3 is 5.97 Å². The van der Waals surface area contributed by atoms with Crippen LogP contribution in [0.1, 0.15) is 19.8 Å². The molecule has 0 spiro atoms. The zero-order chi connectivity index (χ0) is 9.84. The van der Waals surface area contributed by atoms with Gasteiger partial charge in [0, 0.05) is 12.0 Å². The fourth-order valence-electron chi connectivity index (χ4n) is 1.61. The SMILES string of the molecule is COC(=O)C(=O)C(C)C1CCCN1. The molecule has 1 aliphatic rings. The van der Waals surface area contributed by atoms with E-state index in [-0.39, 0.29) is 12.0 Å². The lowest BCUT2D eigenvalue weighted by Gasteiger charge is -2.16. The fourth-order valence-corrected chi connectivity index (χ4v) is 1.61. The van der Waals surface area contributed by atoms with E-state index in [2.05, 4.69) is 10.1 Å². The highest BCUT2D eigenvalue weighted by Crippen LogP contribution is 2.15. The number of esters is 1. The second kappa shape index (κ2) is 4.37. The minimum absolute atomic E-state index is 0.145. The summed E-state index contributed by atoms with van der Waals surface area (Å²) in [6.07, 6.45) is 2.04. The molecule has 2 atom stereocenters. The van der Waals surface area contributed by atoms with Crippen LogP contribution in [0.3, 0.4) is 0 Å². The Labute approximate surface area is 77.6 Å². The zero-order valence-electron chi connectivity index (χ0n) is 8.00. The average Bonchev–Trinajstić information content (AvgIpc) is 2.67. The van der Waals surface area contributed by atoms with Gasteiger partial charge in [-0.25, -0.2) is 4.79 Å². The largest absolute Gasteiger partial charge is 0.463 e. The van der Waals surface area contributed by atoms with Crippen LogP contribution in [-0.4, -0.2) is 31.4 Å². The maximum absolute atomic E-state index is 11.3. The van der Waals surface area contributed by atoms with Crippen molar-refractivity contribution in [2.24, 2.45) is 5.92 Å². The van der Waals surface area contributed by atoms with Crippen LogP contribution in [0.25, 0.3) is 0 Å². The molecular formula is C9H15NO3. The highest BCUT2D eigenvalue weighted by Gasteiger charge is 2.30. The molecule has 1 heterocycles.